The molecule has 1 heterocycles. The van der Waals surface area contributed by atoms with Crippen LogP contribution in [-0.4, -0.2) is 39.0 Å². The summed E-state index contributed by atoms with van der Waals surface area (Å²) in [4.78, 5) is 12.2. The summed E-state index contributed by atoms with van der Waals surface area (Å²) >= 11 is 7.34. The summed E-state index contributed by atoms with van der Waals surface area (Å²) in [6, 6.07) is 3.46. The van der Waals surface area contributed by atoms with Gasteiger partial charge in [0.1, 0.15) is 5.75 Å². The molecule has 0 unspecified atom stereocenters. The number of thioether (sulfide) groups is 1. The van der Waals surface area contributed by atoms with Crippen LogP contribution in [-0.2, 0) is 10.3 Å². The molecule has 0 atom stereocenters. The standard InChI is InChI=1S/C15H20ClN5O2S/c1-9-6-11(12(23-5)7-10(9)16)17-13(22)8-24-14-18-19-20-21(14)15(2,3)4/h6-7H,8H2,1-5H3,(H,17,22). The van der Waals surface area contributed by atoms with Crippen LogP contribution in [0.3, 0.4) is 0 Å². The van der Waals surface area contributed by atoms with Crippen molar-refractivity contribution < 1.29 is 9.53 Å². The van der Waals surface area contributed by atoms with Crippen molar-refractivity contribution >= 4 is 35.0 Å². The van der Waals surface area contributed by atoms with Gasteiger partial charge in [-0.3, -0.25) is 4.79 Å². The smallest absolute Gasteiger partial charge is 0.234 e. The number of ether oxygens (including phenoxy) is 1. The van der Waals surface area contributed by atoms with Gasteiger partial charge in [0.15, 0.2) is 0 Å². The second-order valence-electron chi connectivity index (χ2n) is 6.18. The molecule has 0 bridgehead atoms. The van der Waals surface area contributed by atoms with Gasteiger partial charge in [0, 0.05) is 11.1 Å². The SMILES string of the molecule is COc1cc(Cl)c(C)cc1NC(=O)CSc1nnnn1C(C)(C)C. The molecule has 0 aliphatic heterocycles. The first-order chi connectivity index (χ1) is 11.2. The number of anilines is 1. The normalized spacial score (nSPS) is 11.4. The summed E-state index contributed by atoms with van der Waals surface area (Å²) in [6.07, 6.45) is 0. The summed E-state index contributed by atoms with van der Waals surface area (Å²) in [6.45, 7) is 7.85. The van der Waals surface area contributed by atoms with Crippen LogP contribution in [0.25, 0.3) is 0 Å². The van der Waals surface area contributed by atoms with Gasteiger partial charge in [-0.2, -0.15) is 0 Å². The van der Waals surface area contributed by atoms with Gasteiger partial charge in [-0.25, -0.2) is 4.68 Å². The van der Waals surface area contributed by atoms with E-state index in [1.165, 1.54) is 18.9 Å². The molecule has 0 saturated heterocycles. The van der Waals surface area contributed by atoms with Crippen molar-refractivity contribution in [3.63, 3.8) is 0 Å². The Morgan fingerprint density at radius 2 is 2.12 bits per heavy atom. The molecule has 2 rings (SSSR count). The number of halogens is 1. The maximum absolute atomic E-state index is 12.2. The van der Waals surface area contributed by atoms with Crippen molar-refractivity contribution in [3.8, 4) is 5.75 Å². The maximum atomic E-state index is 12.2. The number of carbonyl (C=O) groups excluding carboxylic acids is 1. The molecule has 24 heavy (non-hydrogen) atoms. The van der Waals surface area contributed by atoms with E-state index in [0.717, 1.165) is 5.56 Å². The van der Waals surface area contributed by atoms with Crippen LogP contribution in [0.1, 0.15) is 26.3 Å². The van der Waals surface area contributed by atoms with Gasteiger partial charge in [-0.1, -0.05) is 23.4 Å². The van der Waals surface area contributed by atoms with Crippen molar-refractivity contribution in [3.05, 3.63) is 22.7 Å². The number of amides is 1. The lowest BCUT2D eigenvalue weighted by Crippen LogP contribution is -2.24. The number of rotatable bonds is 5. The van der Waals surface area contributed by atoms with Crippen molar-refractivity contribution in [2.24, 2.45) is 0 Å². The molecule has 9 heteroatoms. The molecule has 2 aromatic rings. The third kappa shape index (κ3) is 4.39. The number of benzene rings is 1. The average Bonchev–Trinajstić information content (AvgIpc) is 2.97. The van der Waals surface area contributed by atoms with Gasteiger partial charge in [0.2, 0.25) is 11.1 Å². The molecule has 0 aliphatic carbocycles. The molecule has 0 aliphatic rings. The monoisotopic (exact) mass is 369 g/mol. The Bertz CT molecular complexity index is 742. The second kappa shape index (κ2) is 7.40. The van der Waals surface area contributed by atoms with E-state index in [9.17, 15) is 4.79 Å². The molecule has 0 saturated carbocycles. The van der Waals surface area contributed by atoms with Gasteiger partial charge in [-0.15, -0.1) is 5.10 Å². The zero-order chi connectivity index (χ0) is 17.9. The minimum Gasteiger partial charge on any atom is -0.495 e. The fraction of sp³-hybridized carbons (Fsp3) is 0.467. The highest BCUT2D eigenvalue weighted by Gasteiger charge is 2.21. The average molecular weight is 370 g/mol. The Balaban J connectivity index is 2.05. The van der Waals surface area contributed by atoms with Crippen molar-refractivity contribution in [1.29, 1.82) is 0 Å². The van der Waals surface area contributed by atoms with E-state index in [1.54, 1.807) is 16.8 Å². The van der Waals surface area contributed by atoms with Gasteiger partial charge in [0.25, 0.3) is 0 Å². The number of methoxy groups -OCH3 is 1. The molecule has 0 spiro atoms. The van der Waals surface area contributed by atoms with Crippen LogP contribution < -0.4 is 10.1 Å². The van der Waals surface area contributed by atoms with E-state index in [2.05, 4.69) is 20.8 Å². The fourth-order valence-electron chi connectivity index (χ4n) is 1.94. The Hall–Kier alpha value is -1.80. The van der Waals surface area contributed by atoms with E-state index in [4.69, 9.17) is 16.3 Å². The third-order valence-corrected chi connectivity index (χ3v) is 4.49. The quantitative estimate of drug-likeness (QED) is 0.815. The molecular formula is C15H20ClN5O2S. The highest BCUT2D eigenvalue weighted by Crippen LogP contribution is 2.31. The van der Waals surface area contributed by atoms with Crippen LogP contribution in [0.15, 0.2) is 17.3 Å². The van der Waals surface area contributed by atoms with E-state index >= 15 is 0 Å². The highest BCUT2D eigenvalue weighted by molar-refractivity contribution is 7.99. The van der Waals surface area contributed by atoms with Gasteiger partial charge in [0.05, 0.1) is 24.1 Å². The first-order valence-electron chi connectivity index (χ1n) is 7.28. The summed E-state index contributed by atoms with van der Waals surface area (Å²) in [5.41, 5.74) is 1.19. The second-order valence-corrected chi connectivity index (χ2v) is 7.53. The molecule has 1 amide bonds. The van der Waals surface area contributed by atoms with E-state index in [1.807, 2.05) is 27.7 Å². The Morgan fingerprint density at radius 1 is 1.42 bits per heavy atom. The van der Waals surface area contributed by atoms with Gasteiger partial charge >= 0.3 is 0 Å². The summed E-state index contributed by atoms with van der Waals surface area (Å²) < 4.78 is 6.95. The summed E-state index contributed by atoms with van der Waals surface area (Å²) in [5, 5.41) is 15.6. The lowest BCUT2D eigenvalue weighted by molar-refractivity contribution is -0.113. The topological polar surface area (TPSA) is 81.9 Å². The van der Waals surface area contributed by atoms with Crippen LogP contribution >= 0.6 is 23.4 Å². The molecule has 7 nitrogen and oxygen atoms in total. The highest BCUT2D eigenvalue weighted by atomic mass is 35.5. The molecule has 1 aromatic carbocycles. The van der Waals surface area contributed by atoms with Gasteiger partial charge < -0.3 is 10.1 Å². The number of nitrogens with one attached hydrogen (secondary N) is 1. The summed E-state index contributed by atoms with van der Waals surface area (Å²) in [5.74, 6) is 0.522. The van der Waals surface area contributed by atoms with Crippen LogP contribution in [0, 0.1) is 6.92 Å². The lowest BCUT2D eigenvalue weighted by Gasteiger charge is -2.19. The Kier molecular flexibility index (Phi) is 5.71. The van der Waals surface area contributed by atoms with Crippen molar-refractivity contribution in [2.45, 2.75) is 38.4 Å². The van der Waals surface area contributed by atoms with Crippen LogP contribution in [0.2, 0.25) is 5.02 Å². The summed E-state index contributed by atoms with van der Waals surface area (Å²) in [7, 11) is 1.53. The molecule has 0 radical (unpaired) electrons. The predicted molar refractivity (Wildman–Crippen MR) is 94.9 cm³/mol. The minimum atomic E-state index is -0.251. The van der Waals surface area contributed by atoms with E-state index in [-0.39, 0.29) is 17.2 Å². The zero-order valence-electron chi connectivity index (χ0n) is 14.3. The first kappa shape index (κ1) is 18.5. The number of hydrogen-bond acceptors (Lipinski definition) is 6. The number of carbonyl (C=O) groups is 1. The first-order valence-corrected chi connectivity index (χ1v) is 8.64. The number of nitrogens with zero attached hydrogens (tertiary/aromatic N) is 4. The van der Waals surface area contributed by atoms with E-state index in [0.29, 0.717) is 21.6 Å². The number of tetrazole rings is 1. The minimum absolute atomic E-state index is 0.177. The van der Waals surface area contributed by atoms with Gasteiger partial charge in [-0.05, 0) is 49.8 Å². The zero-order valence-corrected chi connectivity index (χ0v) is 15.8. The largest absolute Gasteiger partial charge is 0.495 e. The molecule has 1 N–H and O–H groups in total. The predicted octanol–water partition coefficient (Wildman–Crippen LogP) is 3.13. The molecular weight excluding hydrogens is 350 g/mol. The number of hydrogen-bond donors (Lipinski definition) is 1. The van der Waals surface area contributed by atoms with Crippen LogP contribution in [0.5, 0.6) is 5.75 Å². The number of aromatic nitrogens is 4. The third-order valence-electron chi connectivity index (χ3n) is 3.16. The molecule has 1 aromatic heterocycles. The van der Waals surface area contributed by atoms with Crippen molar-refractivity contribution in [1.82, 2.24) is 20.2 Å². The molecule has 0 fully saturated rings. The lowest BCUT2D eigenvalue weighted by atomic mass is 10.1. The van der Waals surface area contributed by atoms with Crippen molar-refractivity contribution in [2.75, 3.05) is 18.2 Å². The van der Waals surface area contributed by atoms with Crippen LogP contribution in [0.4, 0.5) is 5.69 Å². The fourth-order valence-corrected chi connectivity index (χ4v) is 2.95. The number of aryl methyl sites for hydroxylation is 1. The molecule has 130 valence electrons. The maximum Gasteiger partial charge on any atom is 0.234 e. The Labute approximate surface area is 150 Å². The van der Waals surface area contributed by atoms with E-state index < -0.39 is 0 Å². The Morgan fingerprint density at radius 3 is 2.75 bits per heavy atom.